The van der Waals surface area contributed by atoms with Gasteiger partial charge in [-0.25, -0.2) is 14.4 Å². The minimum absolute atomic E-state index is 0.101. The molecule has 0 saturated carbocycles. The van der Waals surface area contributed by atoms with Crippen LogP contribution in [0.4, 0.5) is 0 Å². The van der Waals surface area contributed by atoms with E-state index in [2.05, 4.69) is 5.16 Å². The minimum Gasteiger partial charge on any atom is -0.488 e. The largest absolute Gasteiger partial charge is 0.488 e. The quantitative estimate of drug-likeness (QED) is 0.220. The monoisotopic (exact) mass is 471 g/mol. The molecular weight excluding hydrogens is 450 g/mol. The van der Waals surface area contributed by atoms with Gasteiger partial charge >= 0.3 is 17.9 Å². The highest BCUT2D eigenvalue weighted by atomic mass is 16.7. The van der Waals surface area contributed by atoms with Crippen LogP contribution in [-0.4, -0.2) is 42.9 Å². The summed E-state index contributed by atoms with van der Waals surface area (Å²) in [5, 5.41) is 3.66. The molecule has 3 aromatic carbocycles. The molecule has 0 amide bonds. The molecule has 2 atom stereocenters. The van der Waals surface area contributed by atoms with Gasteiger partial charge in [0, 0.05) is 6.08 Å². The van der Waals surface area contributed by atoms with Crippen LogP contribution in [0.15, 0.2) is 108 Å². The number of hydrogen-bond donors (Lipinski definition) is 0. The Labute approximate surface area is 201 Å². The normalized spacial score (nSPS) is 17.1. The Hall–Kier alpha value is -4.72. The summed E-state index contributed by atoms with van der Waals surface area (Å²) in [6.45, 7) is -0.101. The first-order chi connectivity index (χ1) is 17.1. The molecule has 0 aromatic heterocycles. The standard InChI is InChI=1S/C27H21NO7/c29-25(19-10-4-1-5-11-19)33-23-16-22(17-28-35-27(31)21-14-8-3-9-15-21)32-18-24(23)34-26(30)20-12-6-2-7-13-20/h1-17,23-24H,18H2/t23-,24-/m0/s1. The number of benzene rings is 3. The number of nitrogens with zero attached hydrogens (tertiary/aromatic N) is 1. The highest BCUT2D eigenvalue weighted by Gasteiger charge is 2.33. The number of carbonyl (C=O) groups excluding carboxylic acids is 3. The number of oxime groups is 1. The minimum atomic E-state index is -0.963. The van der Waals surface area contributed by atoms with Gasteiger partial charge in [-0.3, -0.25) is 0 Å². The van der Waals surface area contributed by atoms with E-state index >= 15 is 0 Å². The van der Waals surface area contributed by atoms with Gasteiger partial charge < -0.3 is 19.0 Å². The van der Waals surface area contributed by atoms with Crippen molar-refractivity contribution in [3.05, 3.63) is 120 Å². The first kappa shape index (κ1) is 23.4. The van der Waals surface area contributed by atoms with E-state index in [4.69, 9.17) is 19.0 Å². The number of hydrogen-bond acceptors (Lipinski definition) is 8. The molecule has 3 aromatic rings. The van der Waals surface area contributed by atoms with Gasteiger partial charge in [0.15, 0.2) is 12.2 Å². The lowest BCUT2D eigenvalue weighted by molar-refractivity contribution is -0.0515. The molecule has 0 saturated heterocycles. The summed E-state index contributed by atoms with van der Waals surface area (Å²) in [5.74, 6) is -1.63. The summed E-state index contributed by atoms with van der Waals surface area (Å²) in [4.78, 5) is 42.1. The zero-order chi connectivity index (χ0) is 24.5. The van der Waals surface area contributed by atoms with Crippen LogP contribution in [0.3, 0.4) is 0 Å². The van der Waals surface area contributed by atoms with E-state index in [0.717, 1.165) is 0 Å². The molecule has 0 radical (unpaired) electrons. The molecular formula is C27H21NO7. The van der Waals surface area contributed by atoms with E-state index in [9.17, 15) is 14.4 Å². The second-order valence-corrected chi connectivity index (χ2v) is 7.41. The first-order valence-corrected chi connectivity index (χ1v) is 10.8. The molecule has 8 nitrogen and oxygen atoms in total. The number of rotatable bonds is 7. The maximum Gasteiger partial charge on any atom is 0.365 e. The van der Waals surface area contributed by atoms with Gasteiger partial charge in [-0.1, -0.05) is 59.8 Å². The van der Waals surface area contributed by atoms with E-state index in [1.165, 1.54) is 12.3 Å². The van der Waals surface area contributed by atoms with Crippen LogP contribution in [0.5, 0.6) is 0 Å². The fourth-order valence-electron chi connectivity index (χ4n) is 3.18. The Morgan fingerprint density at radius 1 is 0.714 bits per heavy atom. The molecule has 0 N–H and O–H groups in total. The predicted molar refractivity (Wildman–Crippen MR) is 126 cm³/mol. The lowest BCUT2D eigenvalue weighted by Gasteiger charge is -2.29. The predicted octanol–water partition coefficient (Wildman–Crippen LogP) is 4.19. The molecule has 176 valence electrons. The van der Waals surface area contributed by atoms with Crippen LogP contribution < -0.4 is 0 Å². The van der Waals surface area contributed by atoms with Crippen LogP contribution in [0.1, 0.15) is 31.1 Å². The topological polar surface area (TPSA) is 100 Å². The highest BCUT2D eigenvalue weighted by Crippen LogP contribution is 2.20. The lowest BCUT2D eigenvalue weighted by Crippen LogP contribution is -2.40. The SMILES string of the molecule is O=C(ON=CC1=C[C@H](OC(=O)c2ccccc2)[C@@H](OC(=O)c2ccccc2)CO1)c1ccccc1. The second kappa shape index (κ2) is 11.4. The smallest absolute Gasteiger partial charge is 0.365 e. The van der Waals surface area contributed by atoms with E-state index in [1.54, 1.807) is 91.0 Å². The first-order valence-electron chi connectivity index (χ1n) is 10.8. The summed E-state index contributed by atoms with van der Waals surface area (Å²) in [5.41, 5.74) is 1.03. The van der Waals surface area contributed by atoms with Gasteiger partial charge in [-0.15, -0.1) is 0 Å². The molecule has 0 aliphatic carbocycles. The van der Waals surface area contributed by atoms with Crippen molar-refractivity contribution in [1.82, 2.24) is 0 Å². The van der Waals surface area contributed by atoms with E-state index in [-0.39, 0.29) is 12.4 Å². The fourth-order valence-corrected chi connectivity index (χ4v) is 3.18. The molecule has 35 heavy (non-hydrogen) atoms. The average molecular weight is 471 g/mol. The summed E-state index contributed by atoms with van der Waals surface area (Å²) in [7, 11) is 0. The third-order valence-corrected chi connectivity index (χ3v) is 4.95. The van der Waals surface area contributed by atoms with Crippen molar-refractivity contribution in [3.63, 3.8) is 0 Å². The van der Waals surface area contributed by atoms with Crippen molar-refractivity contribution in [3.8, 4) is 0 Å². The summed E-state index contributed by atoms with van der Waals surface area (Å²) in [6, 6.07) is 25.2. The highest BCUT2D eigenvalue weighted by molar-refractivity contribution is 5.91. The average Bonchev–Trinajstić information content (AvgIpc) is 2.91. The van der Waals surface area contributed by atoms with Gasteiger partial charge in [-0.05, 0) is 36.4 Å². The number of carbonyl (C=O) groups is 3. The van der Waals surface area contributed by atoms with Crippen molar-refractivity contribution in [2.75, 3.05) is 6.61 Å². The zero-order valence-corrected chi connectivity index (χ0v) is 18.5. The molecule has 0 spiro atoms. The van der Waals surface area contributed by atoms with Crippen molar-refractivity contribution < 1.29 is 33.4 Å². The van der Waals surface area contributed by atoms with Crippen LogP contribution >= 0.6 is 0 Å². The van der Waals surface area contributed by atoms with Gasteiger partial charge in [-0.2, -0.15) is 0 Å². The van der Waals surface area contributed by atoms with Crippen LogP contribution in [0, 0.1) is 0 Å². The molecule has 0 unspecified atom stereocenters. The third kappa shape index (κ3) is 6.42. The maximum absolute atomic E-state index is 12.6. The fraction of sp³-hybridized carbons (Fsp3) is 0.111. The van der Waals surface area contributed by atoms with Crippen molar-refractivity contribution >= 4 is 24.1 Å². The Morgan fingerprint density at radius 3 is 1.74 bits per heavy atom. The van der Waals surface area contributed by atoms with E-state index in [0.29, 0.717) is 16.7 Å². The zero-order valence-electron chi connectivity index (χ0n) is 18.5. The Kier molecular flexibility index (Phi) is 7.65. The third-order valence-electron chi connectivity index (χ3n) is 4.95. The van der Waals surface area contributed by atoms with E-state index < -0.39 is 30.1 Å². The molecule has 1 aliphatic rings. The van der Waals surface area contributed by atoms with Gasteiger partial charge in [0.05, 0.1) is 16.7 Å². The Balaban J connectivity index is 1.48. The molecule has 1 aliphatic heterocycles. The summed E-state index contributed by atoms with van der Waals surface area (Å²) < 4.78 is 16.8. The molecule has 0 bridgehead atoms. The molecule has 1 heterocycles. The van der Waals surface area contributed by atoms with Crippen molar-refractivity contribution in [2.45, 2.75) is 12.2 Å². The van der Waals surface area contributed by atoms with Crippen LogP contribution in [0.25, 0.3) is 0 Å². The van der Waals surface area contributed by atoms with Gasteiger partial charge in [0.25, 0.3) is 0 Å². The number of ether oxygens (including phenoxy) is 3. The molecule has 4 rings (SSSR count). The van der Waals surface area contributed by atoms with Crippen molar-refractivity contribution in [1.29, 1.82) is 0 Å². The van der Waals surface area contributed by atoms with E-state index in [1.807, 2.05) is 0 Å². The summed E-state index contributed by atoms with van der Waals surface area (Å²) >= 11 is 0. The lowest BCUT2D eigenvalue weighted by atomic mass is 10.1. The summed E-state index contributed by atoms with van der Waals surface area (Å²) in [6.07, 6.45) is 0.752. The van der Waals surface area contributed by atoms with Gasteiger partial charge in [0.2, 0.25) is 0 Å². The Morgan fingerprint density at radius 2 is 1.20 bits per heavy atom. The second-order valence-electron chi connectivity index (χ2n) is 7.41. The van der Waals surface area contributed by atoms with Crippen molar-refractivity contribution in [2.24, 2.45) is 5.16 Å². The van der Waals surface area contributed by atoms with Gasteiger partial charge in [0.1, 0.15) is 18.6 Å². The number of allylic oxidation sites excluding steroid dienone is 1. The Bertz CT molecular complexity index is 1220. The molecule has 0 fully saturated rings. The van der Waals surface area contributed by atoms with Crippen LogP contribution in [-0.2, 0) is 19.0 Å². The number of esters is 2. The molecule has 8 heteroatoms. The van der Waals surface area contributed by atoms with Crippen LogP contribution in [0.2, 0.25) is 0 Å². The maximum atomic E-state index is 12.6.